The molecule has 0 saturated carbocycles. The molecule has 0 unspecified atom stereocenters. The normalized spacial score (nSPS) is 10.0. The SMILES string of the molecule is BrCCCCOc1ccccc1Br. The first-order valence-electron chi connectivity index (χ1n) is 4.28. The van der Waals surface area contributed by atoms with Crippen LogP contribution in [0.5, 0.6) is 5.75 Å². The van der Waals surface area contributed by atoms with Gasteiger partial charge in [0.15, 0.2) is 0 Å². The smallest absolute Gasteiger partial charge is 0.133 e. The molecule has 0 bridgehead atoms. The van der Waals surface area contributed by atoms with Crippen LogP contribution in [-0.4, -0.2) is 11.9 Å². The molecule has 1 aromatic rings. The van der Waals surface area contributed by atoms with Gasteiger partial charge >= 0.3 is 0 Å². The molecule has 1 aromatic carbocycles. The lowest BCUT2D eigenvalue weighted by Crippen LogP contribution is -1.97. The summed E-state index contributed by atoms with van der Waals surface area (Å²) in [5.74, 6) is 0.928. The molecular weight excluding hydrogens is 296 g/mol. The standard InChI is InChI=1S/C10H12Br2O/c11-7-3-4-8-13-10-6-2-1-5-9(10)12/h1-2,5-6H,3-4,7-8H2. The van der Waals surface area contributed by atoms with E-state index in [0.717, 1.165) is 35.0 Å². The van der Waals surface area contributed by atoms with Gasteiger partial charge in [0.1, 0.15) is 5.75 Å². The molecule has 0 heterocycles. The first kappa shape index (κ1) is 11.1. The Balaban J connectivity index is 2.32. The molecular formula is C10H12Br2O. The summed E-state index contributed by atoms with van der Waals surface area (Å²) in [6, 6.07) is 7.91. The Labute approximate surface area is 95.7 Å². The van der Waals surface area contributed by atoms with Gasteiger partial charge in [-0.25, -0.2) is 0 Å². The first-order chi connectivity index (χ1) is 6.34. The van der Waals surface area contributed by atoms with Crippen LogP contribution in [0.1, 0.15) is 12.8 Å². The van der Waals surface area contributed by atoms with Crippen molar-refractivity contribution in [3.8, 4) is 5.75 Å². The Bertz CT molecular complexity index is 250. The van der Waals surface area contributed by atoms with Crippen LogP contribution in [-0.2, 0) is 0 Å². The third-order valence-electron chi connectivity index (χ3n) is 1.62. The van der Waals surface area contributed by atoms with E-state index in [0.29, 0.717) is 0 Å². The van der Waals surface area contributed by atoms with E-state index in [9.17, 15) is 0 Å². The molecule has 0 aromatic heterocycles. The number of para-hydroxylation sites is 1. The van der Waals surface area contributed by atoms with Crippen LogP contribution in [0.25, 0.3) is 0 Å². The minimum absolute atomic E-state index is 0.786. The topological polar surface area (TPSA) is 9.23 Å². The van der Waals surface area contributed by atoms with Crippen LogP contribution in [0.3, 0.4) is 0 Å². The zero-order valence-corrected chi connectivity index (χ0v) is 10.5. The monoisotopic (exact) mass is 306 g/mol. The molecule has 0 aliphatic carbocycles. The highest BCUT2D eigenvalue weighted by Crippen LogP contribution is 2.23. The Kier molecular flexibility index (Phi) is 5.47. The number of unbranched alkanes of at least 4 members (excludes halogenated alkanes) is 1. The minimum Gasteiger partial charge on any atom is -0.492 e. The molecule has 13 heavy (non-hydrogen) atoms. The molecule has 0 aliphatic rings. The van der Waals surface area contributed by atoms with Crippen LogP contribution in [0.2, 0.25) is 0 Å². The van der Waals surface area contributed by atoms with E-state index in [1.165, 1.54) is 0 Å². The molecule has 0 N–H and O–H groups in total. The second-order valence-electron chi connectivity index (χ2n) is 2.67. The Morgan fingerprint density at radius 3 is 2.62 bits per heavy atom. The molecule has 3 heteroatoms. The molecule has 0 aliphatic heterocycles. The second kappa shape index (κ2) is 6.44. The molecule has 0 spiro atoms. The van der Waals surface area contributed by atoms with E-state index in [1.807, 2.05) is 24.3 Å². The summed E-state index contributed by atoms with van der Waals surface area (Å²) in [5.41, 5.74) is 0. The van der Waals surface area contributed by atoms with Gasteiger partial charge in [0, 0.05) is 5.33 Å². The van der Waals surface area contributed by atoms with Crippen molar-refractivity contribution in [1.82, 2.24) is 0 Å². The fourth-order valence-corrected chi connectivity index (χ4v) is 1.74. The van der Waals surface area contributed by atoms with Crippen molar-refractivity contribution in [2.45, 2.75) is 12.8 Å². The largest absolute Gasteiger partial charge is 0.492 e. The fourth-order valence-electron chi connectivity index (χ4n) is 0.940. The van der Waals surface area contributed by atoms with Crippen molar-refractivity contribution in [2.24, 2.45) is 0 Å². The van der Waals surface area contributed by atoms with Crippen LogP contribution in [0, 0.1) is 0 Å². The van der Waals surface area contributed by atoms with Crippen LogP contribution in [0.15, 0.2) is 28.7 Å². The molecule has 0 saturated heterocycles. The van der Waals surface area contributed by atoms with Crippen molar-refractivity contribution in [3.05, 3.63) is 28.7 Å². The predicted molar refractivity (Wildman–Crippen MR) is 62.7 cm³/mol. The van der Waals surface area contributed by atoms with Crippen molar-refractivity contribution < 1.29 is 4.74 Å². The maximum Gasteiger partial charge on any atom is 0.133 e. The molecule has 0 atom stereocenters. The summed E-state index contributed by atoms with van der Waals surface area (Å²) in [4.78, 5) is 0. The maximum absolute atomic E-state index is 5.57. The summed E-state index contributed by atoms with van der Waals surface area (Å²) in [7, 11) is 0. The van der Waals surface area contributed by atoms with Gasteiger partial charge in [-0.3, -0.25) is 0 Å². The second-order valence-corrected chi connectivity index (χ2v) is 4.32. The maximum atomic E-state index is 5.57. The van der Waals surface area contributed by atoms with Gasteiger partial charge in [-0.1, -0.05) is 28.1 Å². The third kappa shape index (κ3) is 4.14. The van der Waals surface area contributed by atoms with E-state index in [-0.39, 0.29) is 0 Å². The Morgan fingerprint density at radius 1 is 1.15 bits per heavy atom. The van der Waals surface area contributed by atoms with Crippen LogP contribution >= 0.6 is 31.9 Å². The molecule has 72 valence electrons. The lowest BCUT2D eigenvalue weighted by atomic mass is 10.3. The van der Waals surface area contributed by atoms with Gasteiger partial charge in [0.2, 0.25) is 0 Å². The van der Waals surface area contributed by atoms with Gasteiger partial charge in [-0.15, -0.1) is 0 Å². The lowest BCUT2D eigenvalue weighted by molar-refractivity contribution is 0.308. The average Bonchev–Trinajstić information content (AvgIpc) is 2.15. The summed E-state index contributed by atoms with van der Waals surface area (Å²) < 4.78 is 6.59. The highest BCUT2D eigenvalue weighted by Gasteiger charge is 1.97. The average molecular weight is 308 g/mol. The van der Waals surface area contributed by atoms with Gasteiger partial charge in [0.25, 0.3) is 0 Å². The third-order valence-corrected chi connectivity index (χ3v) is 2.84. The van der Waals surface area contributed by atoms with Crippen molar-refractivity contribution in [1.29, 1.82) is 0 Å². The Hall–Kier alpha value is -0.0200. The molecule has 1 rings (SSSR count). The summed E-state index contributed by atoms with van der Waals surface area (Å²) in [6.45, 7) is 0.786. The zero-order chi connectivity index (χ0) is 9.52. The summed E-state index contributed by atoms with van der Waals surface area (Å²) in [6.07, 6.45) is 2.25. The first-order valence-corrected chi connectivity index (χ1v) is 6.19. The van der Waals surface area contributed by atoms with Gasteiger partial charge in [-0.05, 0) is 40.9 Å². The minimum atomic E-state index is 0.786. The van der Waals surface area contributed by atoms with E-state index < -0.39 is 0 Å². The number of benzene rings is 1. The number of alkyl halides is 1. The van der Waals surface area contributed by atoms with Gasteiger partial charge in [0.05, 0.1) is 11.1 Å². The Morgan fingerprint density at radius 2 is 1.92 bits per heavy atom. The quantitative estimate of drug-likeness (QED) is 0.590. The number of ether oxygens (including phenoxy) is 1. The number of hydrogen-bond donors (Lipinski definition) is 0. The van der Waals surface area contributed by atoms with Gasteiger partial charge in [-0.2, -0.15) is 0 Å². The van der Waals surface area contributed by atoms with E-state index in [2.05, 4.69) is 31.9 Å². The number of rotatable bonds is 5. The fraction of sp³-hybridized carbons (Fsp3) is 0.400. The summed E-state index contributed by atoms with van der Waals surface area (Å²) >= 11 is 6.82. The highest BCUT2D eigenvalue weighted by atomic mass is 79.9. The van der Waals surface area contributed by atoms with E-state index in [1.54, 1.807) is 0 Å². The van der Waals surface area contributed by atoms with Crippen molar-refractivity contribution in [3.63, 3.8) is 0 Å². The molecule has 0 radical (unpaired) electrons. The van der Waals surface area contributed by atoms with E-state index in [4.69, 9.17) is 4.74 Å². The lowest BCUT2D eigenvalue weighted by Gasteiger charge is -2.06. The van der Waals surface area contributed by atoms with Crippen LogP contribution in [0.4, 0.5) is 0 Å². The number of halogens is 2. The zero-order valence-electron chi connectivity index (χ0n) is 7.30. The molecule has 0 fully saturated rings. The predicted octanol–water partition coefficient (Wildman–Crippen LogP) is 4.00. The van der Waals surface area contributed by atoms with Gasteiger partial charge < -0.3 is 4.74 Å². The molecule has 0 amide bonds. The molecule has 1 nitrogen and oxygen atoms in total. The van der Waals surface area contributed by atoms with Crippen molar-refractivity contribution in [2.75, 3.05) is 11.9 Å². The highest BCUT2D eigenvalue weighted by molar-refractivity contribution is 9.10. The van der Waals surface area contributed by atoms with E-state index >= 15 is 0 Å². The number of hydrogen-bond acceptors (Lipinski definition) is 1. The summed E-state index contributed by atoms with van der Waals surface area (Å²) in [5, 5.41) is 1.05. The van der Waals surface area contributed by atoms with Crippen molar-refractivity contribution >= 4 is 31.9 Å². The van der Waals surface area contributed by atoms with Crippen LogP contribution < -0.4 is 4.74 Å².